The van der Waals surface area contributed by atoms with E-state index in [1.54, 1.807) is 19.1 Å². The third-order valence-corrected chi connectivity index (χ3v) is 5.04. The zero-order chi connectivity index (χ0) is 18.3. The minimum absolute atomic E-state index is 0.324. The number of hydrogen-bond donors (Lipinski definition) is 1. The predicted molar refractivity (Wildman–Crippen MR) is 96.8 cm³/mol. The maximum atomic E-state index is 12.3. The van der Waals surface area contributed by atoms with Crippen LogP contribution in [-0.4, -0.2) is 46.4 Å². The van der Waals surface area contributed by atoms with Gasteiger partial charge in [-0.05, 0) is 57.4 Å². The topological polar surface area (TPSA) is 75.7 Å². The number of carbonyl (C=O) groups is 1. The lowest BCUT2D eigenvalue weighted by Gasteiger charge is -2.28. The molecule has 0 bridgehead atoms. The molecule has 0 saturated heterocycles. The van der Waals surface area contributed by atoms with Crippen molar-refractivity contribution in [1.82, 2.24) is 5.32 Å². The van der Waals surface area contributed by atoms with E-state index in [-0.39, 0.29) is 5.91 Å². The first-order valence-electron chi connectivity index (χ1n) is 8.10. The van der Waals surface area contributed by atoms with E-state index < -0.39 is 16.1 Å². The van der Waals surface area contributed by atoms with Crippen LogP contribution in [0.15, 0.2) is 18.2 Å². The smallest absolute Gasteiger partial charge is 0.243 e. The Labute approximate surface area is 145 Å². The number of nitrogens with one attached hydrogen (secondary N) is 1. The van der Waals surface area contributed by atoms with Gasteiger partial charge in [0.25, 0.3) is 0 Å². The molecule has 1 N–H and O–H groups in total. The van der Waals surface area contributed by atoms with Crippen molar-refractivity contribution in [2.24, 2.45) is 0 Å². The van der Waals surface area contributed by atoms with Gasteiger partial charge in [-0.15, -0.1) is 0 Å². The SMILES string of the molecule is CCOCCCNC(=O)[C@@H](C)N(c1ccc(C)c(C)c1)S(C)(=O)=O. The van der Waals surface area contributed by atoms with Gasteiger partial charge in [-0.25, -0.2) is 8.42 Å². The van der Waals surface area contributed by atoms with Crippen LogP contribution >= 0.6 is 0 Å². The van der Waals surface area contributed by atoms with Crippen molar-refractivity contribution >= 4 is 21.6 Å². The van der Waals surface area contributed by atoms with Gasteiger partial charge < -0.3 is 10.1 Å². The summed E-state index contributed by atoms with van der Waals surface area (Å²) in [5, 5.41) is 2.76. The fourth-order valence-electron chi connectivity index (χ4n) is 2.35. The van der Waals surface area contributed by atoms with E-state index in [0.29, 0.717) is 31.9 Å². The van der Waals surface area contributed by atoms with E-state index in [2.05, 4.69) is 5.32 Å². The summed E-state index contributed by atoms with van der Waals surface area (Å²) >= 11 is 0. The Morgan fingerprint density at radius 2 is 1.96 bits per heavy atom. The predicted octanol–water partition coefficient (Wildman–Crippen LogP) is 2.00. The average molecular weight is 356 g/mol. The lowest BCUT2D eigenvalue weighted by Crippen LogP contribution is -2.48. The first-order chi connectivity index (χ1) is 11.2. The molecule has 0 aliphatic carbocycles. The molecule has 7 heteroatoms. The lowest BCUT2D eigenvalue weighted by atomic mass is 10.1. The van der Waals surface area contributed by atoms with Crippen LogP contribution in [0.1, 0.15) is 31.4 Å². The molecule has 0 heterocycles. The summed E-state index contributed by atoms with van der Waals surface area (Å²) in [7, 11) is -3.58. The van der Waals surface area contributed by atoms with Crippen LogP contribution in [0.3, 0.4) is 0 Å². The van der Waals surface area contributed by atoms with E-state index in [9.17, 15) is 13.2 Å². The molecule has 0 radical (unpaired) electrons. The molecule has 0 aliphatic rings. The quantitative estimate of drug-likeness (QED) is 0.687. The maximum absolute atomic E-state index is 12.3. The number of amides is 1. The van der Waals surface area contributed by atoms with Crippen LogP contribution in [0.5, 0.6) is 0 Å². The van der Waals surface area contributed by atoms with Gasteiger partial charge in [0, 0.05) is 19.8 Å². The average Bonchev–Trinajstić information content (AvgIpc) is 2.49. The summed E-state index contributed by atoms with van der Waals surface area (Å²) in [5.41, 5.74) is 2.54. The number of anilines is 1. The monoisotopic (exact) mass is 356 g/mol. The highest BCUT2D eigenvalue weighted by molar-refractivity contribution is 7.92. The summed E-state index contributed by atoms with van der Waals surface area (Å²) in [5.74, 6) is -0.324. The highest BCUT2D eigenvalue weighted by Gasteiger charge is 2.29. The number of nitrogens with zero attached hydrogens (tertiary/aromatic N) is 1. The number of aryl methyl sites for hydroxylation is 2. The maximum Gasteiger partial charge on any atom is 0.243 e. The van der Waals surface area contributed by atoms with Gasteiger partial charge in [-0.3, -0.25) is 9.10 Å². The molecule has 6 nitrogen and oxygen atoms in total. The minimum atomic E-state index is -3.58. The van der Waals surface area contributed by atoms with Gasteiger partial charge in [0.2, 0.25) is 15.9 Å². The number of rotatable bonds is 9. The summed E-state index contributed by atoms with van der Waals surface area (Å²) < 4.78 is 30.8. The van der Waals surface area contributed by atoms with Gasteiger partial charge in [-0.1, -0.05) is 6.07 Å². The molecule has 0 spiro atoms. The van der Waals surface area contributed by atoms with Crippen LogP contribution in [0.25, 0.3) is 0 Å². The highest BCUT2D eigenvalue weighted by atomic mass is 32.2. The fourth-order valence-corrected chi connectivity index (χ4v) is 3.52. The largest absolute Gasteiger partial charge is 0.382 e. The number of carbonyl (C=O) groups excluding carboxylic acids is 1. The van der Waals surface area contributed by atoms with Crippen molar-refractivity contribution in [3.05, 3.63) is 29.3 Å². The molecular formula is C17H28N2O4S. The standard InChI is InChI=1S/C17H28N2O4S/c1-6-23-11-7-10-18-17(20)15(4)19(24(5,21)22)16-9-8-13(2)14(3)12-16/h8-9,12,15H,6-7,10-11H2,1-5H3,(H,18,20)/t15-/m1/s1. The van der Waals surface area contributed by atoms with E-state index in [4.69, 9.17) is 4.74 Å². The van der Waals surface area contributed by atoms with Gasteiger partial charge in [-0.2, -0.15) is 0 Å². The molecular weight excluding hydrogens is 328 g/mol. The number of benzene rings is 1. The molecule has 136 valence electrons. The molecule has 0 aliphatic heterocycles. The highest BCUT2D eigenvalue weighted by Crippen LogP contribution is 2.23. The Balaban J connectivity index is 2.88. The molecule has 0 fully saturated rings. The Morgan fingerprint density at radius 3 is 2.50 bits per heavy atom. The first kappa shape index (κ1) is 20.4. The zero-order valence-electron chi connectivity index (χ0n) is 15.1. The number of sulfonamides is 1. The Bertz CT molecular complexity index is 659. The van der Waals surface area contributed by atoms with Crippen LogP contribution in [-0.2, 0) is 19.6 Å². The van der Waals surface area contributed by atoms with Crippen LogP contribution < -0.4 is 9.62 Å². The lowest BCUT2D eigenvalue weighted by molar-refractivity contribution is -0.121. The summed E-state index contributed by atoms with van der Waals surface area (Å²) in [6, 6.07) is 4.54. The van der Waals surface area contributed by atoms with E-state index in [1.807, 2.05) is 26.8 Å². The van der Waals surface area contributed by atoms with Crippen molar-refractivity contribution in [1.29, 1.82) is 0 Å². The summed E-state index contributed by atoms with van der Waals surface area (Å²) in [4.78, 5) is 12.3. The Kier molecular flexibility index (Phi) is 7.69. The molecule has 1 rings (SSSR count). The van der Waals surface area contributed by atoms with Crippen molar-refractivity contribution in [2.45, 2.75) is 40.2 Å². The molecule has 1 aromatic carbocycles. The molecule has 1 aromatic rings. The molecule has 1 amide bonds. The summed E-state index contributed by atoms with van der Waals surface area (Å²) in [6.45, 7) is 9.03. The first-order valence-corrected chi connectivity index (χ1v) is 9.95. The van der Waals surface area contributed by atoms with Crippen molar-refractivity contribution < 1.29 is 17.9 Å². The van der Waals surface area contributed by atoms with E-state index in [0.717, 1.165) is 21.7 Å². The number of hydrogen-bond acceptors (Lipinski definition) is 4. The minimum Gasteiger partial charge on any atom is -0.382 e. The normalized spacial score (nSPS) is 12.7. The second kappa shape index (κ2) is 9.03. The second-order valence-corrected chi connectivity index (χ2v) is 7.70. The van der Waals surface area contributed by atoms with Gasteiger partial charge in [0.15, 0.2) is 0 Å². The second-order valence-electron chi connectivity index (χ2n) is 5.84. The van der Waals surface area contributed by atoms with E-state index in [1.165, 1.54) is 0 Å². The third-order valence-electron chi connectivity index (χ3n) is 3.80. The summed E-state index contributed by atoms with van der Waals surface area (Å²) in [6.07, 6.45) is 1.80. The van der Waals surface area contributed by atoms with Gasteiger partial charge in [0.05, 0.1) is 11.9 Å². The molecule has 0 unspecified atom stereocenters. The van der Waals surface area contributed by atoms with Gasteiger partial charge >= 0.3 is 0 Å². The Hall–Kier alpha value is -1.60. The van der Waals surface area contributed by atoms with Crippen molar-refractivity contribution in [3.63, 3.8) is 0 Å². The zero-order valence-corrected chi connectivity index (χ0v) is 15.9. The Morgan fingerprint density at radius 1 is 1.29 bits per heavy atom. The van der Waals surface area contributed by atoms with Gasteiger partial charge in [0.1, 0.15) is 6.04 Å². The molecule has 0 saturated carbocycles. The third kappa shape index (κ3) is 5.79. The van der Waals surface area contributed by atoms with Crippen LogP contribution in [0.4, 0.5) is 5.69 Å². The van der Waals surface area contributed by atoms with Crippen molar-refractivity contribution in [3.8, 4) is 0 Å². The van der Waals surface area contributed by atoms with Crippen molar-refractivity contribution in [2.75, 3.05) is 30.3 Å². The molecule has 24 heavy (non-hydrogen) atoms. The molecule has 1 atom stereocenters. The number of ether oxygens (including phenoxy) is 1. The van der Waals surface area contributed by atoms with E-state index >= 15 is 0 Å². The van der Waals surface area contributed by atoms with Crippen LogP contribution in [0.2, 0.25) is 0 Å². The molecule has 0 aromatic heterocycles. The van der Waals surface area contributed by atoms with Crippen LogP contribution in [0, 0.1) is 13.8 Å². The fraction of sp³-hybridized carbons (Fsp3) is 0.588.